The molecular formula is C22H21ClFN5O2S. The smallest absolute Gasteiger partial charge is 0.251 e. The molecule has 0 fully saturated rings. The number of nitrogens with one attached hydrogen (secondary N) is 2. The lowest BCUT2D eigenvalue weighted by Crippen LogP contribution is -2.28. The number of hydrogen-bond donors (Lipinski definition) is 2. The Balaban J connectivity index is 1.67. The van der Waals surface area contributed by atoms with Gasteiger partial charge in [0.25, 0.3) is 5.91 Å². The molecule has 32 heavy (non-hydrogen) atoms. The standard InChI is InChI=1S/C22H21ClFN5O2S/c1-3-11-29-20(14(2)25-21(31)15-7-6-8-16(23)12-15)27-28-22(29)32-13-19(30)26-18-10-5-4-9-17(18)24/h3-10,12,14H,1,11,13H2,2H3,(H,25,31)(H,26,30). The Labute approximate surface area is 194 Å². The molecule has 2 aromatic carbocycles. The number of thioether (sulfide) groups is 1. The minimum absolute atomic E-state index is 0.00681. The Hall–Kier alpha value is -3.17. The van der Waals surface area contributed by atoms with E-state index in [2.05, 4.69) is 27.4 Å². The Morgan fingerprint density at radius 1 is 1.25 bits per heavy atom. The number of carbonyl (C=O) groups excluding carboxylic acids is 2. The van der Waals surface area contributed by atoms with Crippen LogP contribution in [0.5, 0.6) is 0 Å². The molecule has 0 aliphatic rings. The molecule has 1 aromatic heterocycles. The van der Waals surface area contributed by atoms with Gasteiger partial charge in [0.05, 0.1) is 17.5 Å². The molecule has 2 amide bonds. The third-order valence-corrected chi connectivity index (χ3v) is 5.56. The van der Waals surface area contributed by atoms with Crippen molar-refractivity contribution in [3.63, 3.8) is 0 Å². The number of nitrogens with zero attached hydrogens (tertiary/aromatic N) is 3. The second-order valence-corrected chi connectivity index (χ2v) is 8.14. The first-order valence-electron chi connectivity index (χ1n) is 9.66. The fourth-order valence-electron chi connectivity index (χ4n) is 2.88. The molecule has 0 aliphatic heterocycles. The van der Waals surface area contributed by atoms with Gasteiger partial charge in [-0.15, -0.1) is 16.8 Å². The molecule has 2 N–H and O–H groups in total. The van der Waals surface area contributed by atoms with Crippen molar-refractivity contribution in [2.75, 3.05) is 11.1 Å². The Morgan fingerprint density at radius 2 is 2.03 bits per heavy atom. The van der Waals surface area contributed by atoms with Gasteiger partial charge >= 0.3 is 0 Å². The van der Waals surface area contributed by atoms with Crippen LogP contribution in [0.25, 0.3) is 0 Å². The predicted molar refractivity (Wildman–Crippen MR) is 123 cm³/mol. The molecule has 0 aliphatic carbocycles. The average Bonchev–Trinajstić information content (AvgIpc) is 3.17. The number of aromatic nitrogens is 3. The van der Waals surface area contributed by atoms with Crippen LogP contribution >= 0.6 is 23.4 Å². The number of amides is 2. The minimum atomic E-state index is -0.507. The number of para-hydroxylation sites is 1. The van der Waals surface area contributed by atoms with Crippen molar-refractivity contribution in [1.29, 1.82) is 0 Å². The maximum atomic E-state index is 13.7. The molecular weight excluding hydrogens is 453 g/mol. The van der Waals surface area contributed by atoms with Gasteiger partial charge in [0.1, 0.15) is 5.82 Å². The van der Waals surface area contributed by atoms with Gasteiger partial charge < -0.3 is 15.2 Å². The fourth-order valence-corrected chi connectivity index (χ4v) is 3.83. The SMILES string of the molecule is C=CCn1c(SCC(=O)Nc2ccccc2F)nnc1C(C)NC(=O)c1cccc(Cl)c1. The van der Waals surface area contributed by atoms with Gasteiger partial charge in [-0.25, -0.2) is 4.39 Å². The molecule has 7 nitrogen and oxygen atoms in total. The van der Waals surface area contributed by atoms with Crippen molar-refractivity contribution in [1.82, 2.24) is 20.1 Å². The Morgan fingerprint density at radius 3 is 2.75 bits per heavy atom. The highest BCUT2D eigenvalue weighted by atomic mass is 35.5. The molecule has 10 heteroatoms. The van der Waals surface area contributed by atoms with Crippen LogP contribution in [0.15, 0.2) is 66.3 Å². The summed E-state index contributed by atoms with van der Waals surface area (Å²) < 4.78 is 15.5. The van der Waals surface area contributed by atoms with Crippen molar-refractivity contribution in [3.8, 4) is 0 Å². The van der Waals surface area contributed by atoms with E-state index in [4.69, 9.17) is 11.6 Å². The zero-order valence-electron chi connectivity index (χ0n) is 17.2. The number of halogens is 2. The lowest BCUT2D eigenvalue weighted by molar-refractivity contribution is -0.113. The highest BCUT2D eigenvalue weighted by Crippen LogP contribution is 2.22. The summed E-state index contributed by atoms with van der Waals surface area (Å²) in [6.45, 7) is 5.92. The largest absolute Gasteiger partial charge is 0.342 e. The number of benzene rings is 2. The maximum absolute atomic E-state index is 13.7. The zero-order chi connectivity index (χ0) is 23.1. The van der Waals surface area contributed by atoms with Gasteiger partial charge in [-0.3, -0.25) is 9.59 Å². The van der Waals surface area contributed by atoms with Gasteiger partial charge in [-0.1, -0.05) is 47.6 Å². The van der Waals surface area contributed by atoms with Crippen molar-refractivity contribution in [3.05, 3.63) is 83.4 Å². The first-order chi connectivity index (χ1) is 15.4. The van der Waals surface area contributed by atoms with E-state index < -0.39 is 11.9 Å². The number of anilines is 1. The predicted octanol–water partition coefficient (Wildman–Crippen LogP) is 4.48. The van der Waals surface area contributed by atoms with Crippen LogP contribution in [0.4, 0.5) is 10.1 Å². The van der Waals surface area contributed by atoms with Gasteiger partial charge in [0.2, 0.25) is 5.91 Å². The average molecular weight is 474 g/mol. The van der Waals surface area contributed by atoms with E-state index in [0.29, 0.717) is 28.1 Å². The molecule has 0 saturated heterocycles. The minimum Gasteiger partial charge on any atom is -0.342 e. The second kappa shape index (κ2) is 10.9. The van der Waals surface area contributed by atoms with Crippen LogP contribution in [0.2, 0.25) is 5.02 Å². The maximum Gasteiger partial charge on any atom is 0.251 e. The highest BCUT2D eigenvalue weighted by Gasteiger charge is 2.20. The van der Waals surface area contributed by atoms with Gasteiger partial charge in [-0.2, -0.15) is 0 Å². The summed E-state index contributed by atoms with van der Waals surface area (Å²) in [6, 6.07) is 12.1. The molecule has 1 unspecified atom stereocenters. The number of allylic oxidation sites excluding steroid dienone is 1. The van der Waals surface area contributed by atoms with Crippen LogP contribution in [0.1, 0.15) is 29.1 Å². The number of carbonyl (C=O) groups is 2. The summed E-state index contributed by atoms with van der Waals surface area (Å²) in [5.41, 5.74) is 0.544. The number of hydrogen-bond acceptors (Lipinski definition) is 5. The molecule has 3 rings (SSSR count). The molecule has 0 radical (unpaired) electrons. The summed E-state index contributed by atoms with van der Waals surface area (Å²) in [5.74, 6) is -0.666. The van der Waals surface area contributed by atoms with Gasteiger partial charge in [0.15, 0.2) is 11.0 Å². The summed E-state index contributed by atoms with van der Waals surface area (Å²) in [4.78, 5) is 24.8. The summed E-state index contributed by atoms with van der Waals surface area (Å²) in [5, 5.41) is 14.7. The third-order valence-electron chi connectivity index (χ3n) is 4.36. The van der Waals surface area contributed by atoms with E-state index in [1.54, 1.807) is 54.0 Å². The topological polar surface area (TPSA) is 88.9 Å². The fraction of sp³-hybridized carbons (Fsp3) is 0.182. The van der Waals surface area contributed by atoms with Crippen LogP contribution in [0, 0.1) is 5.82 Å². The van der Waals surface area contributed by atoms with Crippen LogP contribution in [-0.2, 0) is 11.3 Å². The van der Waals surface area contributed by atoms with Crippen molar-refractivity contribution < 1.29 is 14.0 Å². The van der Waals surface area contributed by atoms with Crippen molar-refractivity contribution >= 4 is 40.9 Å². The number of rotatable bonds is 9. The summed E-state index contributed by atoms with van der Waals surface area (Å²) >= 11 is 7.11. The molecule has 166 valence electrons. The zero-order valence-corrected chi connectivity index (χ0v) is 18.8. The second-order valence-electron chi connectivity index (χ2n) is 6.76. The third kappa shape index (κ3) is 5.95. The van der Waals surface area contributed by atoms with E-state index in [0.717, 1.165) is 11.8 Å². The van der Waals surface area contributed by atoms with E-state index >= 15 is 0 Å². The molecule has 1 heterocycles. The van der Waals surface area contributed by atoms with E-state index in [-0.39, 0.29) is 23.3 Å². The van der Waals surface area contributed by atoms with Crippen LogP contribution < -0.4 is 10.6 Å². The first kappa shape index (κ1) is 23.5. The van der Waals surface area contributed by atoms with Crippen LogP contribution in [-0.4, -0.2) is 32.3 Å². The quantitative estimate of drug-likeness (QED) is 0.353. The van der Waals surface area contributed by atoms with Crippen LogP contribution in [0.3, 0.4) is 0 Å². The molecule has 1 atom stereocenters. The Bertz CT molecular complexity index is 1140. The van der Waals surface area contributed by atoms with Crippen molar-refractivity contribution in [2.24, 2.45) is 0 Å². The highest BCUT2D eigenvalue weighted by molar-refractivity contribution is 7.99. The van der Waals surface area contributed by atoms with Gasteiger partial charge in [0, 0.05) is 17.1 Å². The summed E-state index contributed by atoms with van der Waals surface area (Å²) in [6.07, 6.45) is 1.67. The molecule has 0 saturated carbocycles. The van der Waals surface area contributed by atoms with Gasteiger partial charge in [-0.05, 0) is 37.3 Å². The van der Waals surface area contributed by atoms with E-state index in [9.17, 15) is 14.0 Å². The molecule has 0 bridgehead atoms. The Kier molecular flexibility index (Phi) is 8.02. The lowest BCUT2D eigenvalue weighted by atomic mass is 10.2. The van der Waals surface area contributed by atoms with E-state index in [1.807, 2.05) is 0 Å². The molecule has 0 spiro atoms. The lowest BCUT2D eigenvalue weighted by Gasteiger charge is -2.15. The molecule has 3 aromatic rings. The monoisotopic (exact) mass is 473 g/mol. The van der Waals surface area contributed by atoms with E-state index in [1.165, 1.54) is 12.1 Å². The van der Waals surface area contributed by atoms with Crippen molar-refractivity contribution in [2.45, 2.75) is 24.7 Å². The first-order valence-corrected chi connectivity index (χ1v) is 11.0. The summed E-state index contributed by atoms with van der Waals surface area (Å²) in [7, 11) is 0. The normalized spacial score (nSPS) is 11.6.